The highest BCUT2D eigenvalue weighted by molar-refractivity contribution is 14.1. The van der Waals surface area contributed by atoms with Crippen molar-refractivity contribution in [3.63, 3.8) is 0 Å². The maximum absolute atomic E-state index is 10.5. The summed E-state index contributed by atoms with van der Waals surface area (Å²) in [5, 5.41) is 9.15. The highest BCUT2D eigenvalue weighted by Gasteiger charge is 2.20. The van der Waals surface area contributed by atoms with E-state index in [9.17, 15) is 16.8 Å². The molecule has 0 fully saturated rings. The monoisotopic (exact) mass is 404 g/mol. The fourth-order valence-corrected chi connectivity index (χ4v) is 3.17. The molecular formula is C6H13IO8S2. The fraction of sp³-hybridized carbons (Fsp3) is 1.00. The van der Waals surface area contributed by atoms with E-state index in [-0.39, 0.29) is 4.43 Å². The Kier molecular flexibility index (Phi) is 7.35. The lowest BCUT2D eigenvalue weighted by Crippen LogP contribution is -2.32. The van der Waals surface area contributed by atoms with Crippen molar-refractivity contribution in [2.45, 2.75) is 12.2 Å². The second-order valence-corrected chi connectivity index (χ2v) is 7.14. The number of aliphatic hydroxyl groups excluding tert-OH is 1. The molecule has 0 radical (unpaired) electrons. The minimum Gasteiger partial charge on any atom is -0.390 e. The second-order valence-electron chi connectivity index (χ2n) is 3.26. The number of alkyl halides is 1. The number of hydrogen-bond acceptors (Lipinski definition) is 6. The predicted octanol–water partition coefficient (Wildman–Crippen LogP) is -1.06. The summed E-state index contributed by atoms with van der Waals surface area (Å²) in [5.41, 5.74) is 0. The van der Waals surface area contributed by atoms with Crippen molar-refractivity contribution < 1.29 is 35.8 Å². The van der Waals surface area contributed by atoms with Gasteiger partial charge in [-0.15, -0.1) is 0 Å². The number of halogens is 1. The Labute approximate surface area is 113 Å². The molecule has 0 aliphatic carbocycles. The molecule has 3 N–H and O–H groups in total. The lowest BCUT2D eigenvalue weighted by molar-refractivity contribution is 0.0179. The van der Waals surface area contributed by atoms with Gasteiger partial charge in [0.1, 0.15) is 11.5 Å². The van der Waals surface area contributed by atoms with Crippen molar-refractivity contribution in [2.75, 3.05) is 22.5 Å². The van der Waals surface area contributed by atoms with E-state index in [1.807, 2.05) is 22.6 Å². The third kappa shape index (κ3) is 11.3. The standard InChI is InChI=1S/C6H13IO8S2/c7-1-6(4-17(12,13)14)15-2-5(8)3-16(9,10)11/h5-6,8H,1-4H2,(H,9,10,11)(H,12,13,14). The normalized spacial score (nSPS) is 16.7. The van der Waals surface area contributed by atoms with Crippen molar-refractivity contribution in [1.82, 2.24) is 0 Å². The van der Waals surface area contributed by atoms with Gasteiger partial charge in [0.05, 0.1) is 18.8 Å². The van der Waals surface area contributed by atoms with E-state index in [0.29, 0.717) is 0 Å². The van der Waals surface area contributed by atoms with E-state index in [1.165, 1.54) is 0 Å². The summed E-state index contributed by atoms with van der Waals surface area (Å²) in [5.74, 6) is -1.54. The average molecular weight is 404 g/mol. The molecule has 104 valence electrons. The Morgan fingerprint density at radius 3 is 1.88 bits per heavy atom. The Bertz CT molecular complexity index is 415. The lowest BCUT2D eigenvalue weighted by Gasteiger charge is -2.16. The molecule has 0 amide bonds. The predicted molar refractivity (Wildman–Crippen MR) is 67.5 cm³/mol. The first-order valence-electron chi connectivity index (χ1n) is 4.29. The van der Waals surface area contributed by atoms with Crippen molar-refractivity contribution in [1.29, 1.82) is 0 Å². The molecule has 0 aromatic rings. The van der Waals surface area contributed by atoms with Gasteiger partial charge in [0.15, 0.2) is 0 Å². The Morgan fingerprint density at radius 1 is 1.06 bits per heavy atom. The number of hydrogen-bond donors (Lipinski definition) is 3. The van der Waals surface area contributed by atoms with E-state index >= 15 is 0 Å². The van der Waals surface area contributed by atoms with Gasteiger partial charge in [0.2, 0.25) is 0 Å². The third-order valence-electron chi connectivity index (χ3n) is 1.50. The molecule has 0 heterocycles. The summed E-state index contributed by atoms with van der Waals surface area (Å²) in [6, 6.07) is 0. The van der Waals surface area contributed by atoms with Crippen LogP contribution in [0.5, 0.6) is 0 Å². The van der Waals surface area contributed by atoms with Crippen molar-refractivity contribution >= 4 is 42.8 Å². The minimum absolute atomic E-state index is 0.232. The molecule has 0 saturated heterocycles. The summed E-state index contributed by atoms with van der Waals surface area (Å²) in [4.78, 5) is 0. The molecule has 0 aliphatic rings. The zero-order valence-electron chi connectivity index (χ0n) is 8.56. The number of ether oxygens (including phenoxy) is 1. The molecule has 0 aromatic heterocycles. The summed E-state index contributed by atoms with van der Waals surface area (Å²) >= 11 is 1.81. The van der Waals surface area contributed by atoms with Crippen molar-refractivity contribution in [2.24, 2.45) is 0 Å². The quantitative estimate of drug-likeness (QED) is 0.265. The lowest BCUT2D eigenvalue weighted by atomic mass is 10.4. The van der Waals surface area contributed by atoms with E-state index in [0.717, 1.165) is 0 Å². The van der Waals surface area contributed by atoms with Gasteiger partial charge in [-0.3, -0.25) is 9.11 Å². The summed E-state index contributed by atoms with van der Waals surface area (Å²) < 4.78 is 64.0. The maximum atomic E-state index is 10.5. The van der Waals surface area contributed by atoms with Crippen LogP contribution in [0.15, 0.2) is 0 Å². The molecule has 11 heteroatoms. The minimum atomic E-state index is -4.31. The highest BCUT2D eigenvalue weighted by atomic mass is 127. The van der Waals surface area contributed by atoms with Crippen LogP contribution in [0.2, 0.25) is 0 Å². The fourth-order valence-electron chi connectivity index (χ4n) is 0.911. The molecule has 8 nitrogen and oxygen atoms in total. The van der Waals surface area contributed by atoms with Gasteiger partial charge in [0.25, 0.3) is 20.2 Å². The Hall–Kier alpha value is 0.470. The van der Waals surface area contributed by atoms with E-state index in [1.54, 1.807) is 0 Å². The first-order chi connectivity index (χ1) is 7.53. The van der Waals surface area contributed by atoms with Gasteiger partial charge in [-0.05, 0) is 0 Å². The van der Waals surface area contributed by atoms with Gasteiger partial charge in [0, 0.05) is 4.43 Å². The van der Waals surface area contributed by atoms with Gasteiger partial charge >= 0.3 is 0 Å². The molecule has 0 aliphatic heterocycles. The van der Waals surface area contributed by atoms with Gasteiger partial charge < -0.3 is 9.84 Å². The molecule has 2 unspecified atom stereocenters. The SMILES string of the molecule is O=S(=O)(O)CC(O)COC(CI)CS(=O)(=O)O. The van der Waals surface area contributed by atoms with Gasteiger partial charge in [-0.1, -0.05) is 22.6 Å². The van der Waals surface area contributed by atoms with Crippen molar-refractivity contribution in [3.05, 3.63) is 0 Å². The molecule has 0 rings (SSSR count). The molecule has 17 heavy (non-hydrogen) atoms. The van der Waals surface area contributed by atoms with Crippen LogP contribution in [-0.2, 0) is 25.0 Å². The smallest absolute Gasteiger partial charge is 0.267 e. The summed E-state index contributed by atoms with van der Waals surface area (Å²) in [6.45, 7) is -0.455. The Morgan fingerprint density at radius 2 is 1.53 bits per heavy atom. The Balaban J connectivity index is 4.16. The summed E-state index contributed by atoms with van der Waals surface area (Å²) in [7, 11) is -8.51. The van der Waals surface area contributed by atoms with Crippen LogP contribution in [-0.4, -0.2) is 65.8 Å². The van der Waals surface area contributed by atoms with Crippen LogP contribution < -0.4 is 0 Å². The average Bonchev–Trinajstić information content (AvgIpc) is 2.07. The molecule has 0 saturated carbocycles. The largest absolute Gasteiger partial charge is 0.390 e. The summed E-state index contributed by atoms with van der Waals surface area (Å²) in [6.07, 6.45) is -2.32. The highest BCUT2D eigenvalue weighted by Crippen LogP contribution is 2.03. The zero-order chi connectivity index (χ0) is 13.7. The topological polar surface area (TPSA) is 138 Å². The van der Waals surface area contributed by atoms with Crippen LogP contribution in [0.4, 0.5) is 0 Å². The van der Waals surface area contributed by atoms with Crippen LogP contribution >= 0.6 is 22.6 Å². The van der Waals surface area contributed by atoms with Crippen LogP contribution in [0.3, 0.4) is 0 Å². The zero-order valence-corrected chi connectivity index (χ0v) is 12.4. The number of rotatable bonds is 8. The molecule has 0 bridgehead atoms. The number of aliphatic hydroxyl groups is 1. The van der Waals surface area contributed by atoms with Crippen LogP contribution in [0, 0.1) is 0 Å². The van der Waals surface area contributed by atoms with E-state index < -0.39 is 50.6 Å². The molecule has 0 spiro atoms. The van der Waals surface area contributed by atoms with Gasteiger partial charge in [-0.25, -0.2) is 0 Å². The van der Waals surface area contributed by atoms with E-state index in [4.69, 9.17) is 18.9 Å². The van der Waals surface area contributed by atoms with Crippen LogP contribution in [0.25, 0.3) is 0 Å². The first kappa shape index (κ1) is 17.5. The molecular weight excluding hydrogens is 391 g/mol. The third-order valence-corrected chi connectivity index (χ3v) is 4.08. The van der Waals surface area contributed by atoms with E-state index in [2.05, 4.69) is 0 Å². The molecule has 0 aromatic carbocycles. The van der Waals surface area contributed by atoms with Crippen LogP contribution in [0.1, 0.15) is 0 Å². The van der Waals surface area contributed by atoms with Crippen molar-refractivity contribution in [3.8, 4) is 0 Å². The first-order valence-corrected chi connectivity index (χ1v) is 9.04. The van der Waals surface area contributed by atoms with Gasteiger partial charge in [-0.2, -0.15) is 16.8 Å². The second kappa shape index (κ2) is 7.16. The maximum Gasteiger partial charge on any atom is 0.267 e. The molecule has 2 atom stereocenters.